The highest BCUT2D eigenvalue weighted by atomic mass is 35.5. The van der Waals surface area contributed by atoms with Gasteiger partial charge in [-0.3, -0.25) is 0 Å². The Morgan fingerprint density at radius 2 is 1.88 bits per heavy atom. The second-order valence-electron chi connectivity index (χ2n) is 5.85. The number of hydrogen-bond acceptors (Lipinski definition) is 3. The van der Waals surface area contributed by atoms with Gasteiger partial charge >= 0.3 is 0 Å². The van der Waals surface area contributed by atoms with Crippen molar-refractivity contribution in [1.29, 1.82) is 0 Å². The molecule has 0 heterocycles. The largest absolute Gasteiger partial charge is 0.491 e. The van der Waals surface area contributed by atoms with Crippen molar-refractivity contribution in [2.75, 3.05) is 13.7 Å². The first-order chi connectivity index (χ1) is 11.6. The van der Waals surface area contributed by atoms with Crippen molar-refractivity contribution in [2.45, 2.75) is 39.3 Å². The number of rotatable bonds is 9. The van der Waals surface area contributed by atoms with Crippen molar-refractivity contribution in [3.05, 3.63) is 58.6 Å². The molecule has 0 bridgehead atoms. The van der Waals surface area contributed by atoms with E-state index in [9.17, 15) is 0 Å². The molecule has 1 N–H and O–H groups in total. The van der Waals surface area contributed by atoms with Gasteiger partial charge in [-0.1, -0.05) is 41.9 Å². The minimum absolute atomic E-state index is 0.418. The number of aryl methyl sites for hydroxylation is 1. The number of halogens is 1. The summed E-state index contributed by atoms with van der Waals surface area (Å²) >= 11 is 6.29. The van der Waals surface area contributed by atoms with E-state index in [1.807, 2.05) is 19.1 Å². The van der Waals surface area contributed by atoms with E-state index < -0.39 is 0 Å². The molecule has 2 rings (SSSR count). The summed E-state index contributed by atoms with van der Waals surface area (Å²) in [6, 6.07) is 14.9. The minimum Gasteiger partial charge on any atom is -0.491 e. The molecule has 3 nitrogen and oxygen atoms in total. The Balaban J connectivity index is 1.91. The van der Waals surface area contributed by atoms with Gasteiger partial charge in [-0.15, -0.1) is 0 Å². The van der Waals surface area contributed by atoms with Crippen molar-refractivity contribution in [3.8, 4) is 11.5 Å². The van der Waals surface area contributed by atoms with Crippen molar-refractivity contribution in [1.82, 2.24) is 5.32 Å². The number of methoxy groups -OCH3 is 1. The Kier molecular flexibility index (Phi) is 7.41. The molecule has 0 amide bonds. The van der Waals surface area contributed by atoms with Crippen LogP contribution in [-0.4, -0.2) is 19.8 Å². The van der Waals surface area contributed by atoms with Gasteiger partial charge in [0.15, 0.2) is 11.5 Å². The summed E-state index contributed by atoms with van der Waals surface area (Å²) in [4.78, 5) is 0. The maximum Gasteiger partial charge on any atom is 0.179 e. The molecule has 1 atom stereocenters. The lowest BCUT2D eigenvalue weighted by Crippen LogP contribution is -2.26. The van der Waals surface area contributed by atoms with Crippen LogP contribution in [0.2, 0.25) is 5.02 Å². The number of benzene rings is 2. The molecule has 0 fully saturated rings. The van der Waals surface area contributed by atoms with Crippen LogP contribution in [-0.2, 0) is 13.0 Å². The molecular formula is C20H26ClNO2. The molecule has 0 aromatic heterocycles. The van der Waals surface area contributed by atoms with E-state index in [2.05, 4.69) is 42.6 Å². The van der Waals surface area contributed by atoms with Gasteiger partial charge in [0.25, 0.3) is 0 Å². The zero-order valence-corrected chi connectivity index (χ0v) is 15.4. The molecule has 2 aromatic rings. The molecule has 2 aromatic carbocycles. The van der Waals surface area contributed by atoms with Crippen LogP contribution >= 0.6 is 11.6 Å². The second kappa shape index (κ2) is 9.55. The van der Waals surface area contributed by atoms with Crippen LogP contribution in [0.3, 0.4) is 0 Å². The van der Waals surface area contributed by atoms with Gasteiger partial charge < -0.3 is 14.8 Å². The maximum atomic E-state index is 6.29. The van der Waals surface area contributed by atoms with Crippen molar-refractivity contribution < 1.29 is 9.47 Å². The van der Waals surface area contributed by atoms with Gasteiger partial charge in [0, 0.05) is 12.6 Å². The second-order valence-corrected chi connectivity index (χ2v) is 6.26. The summed E-state index contributed by atoms with van der Waals surface area (Å²) < 4.78 is 10.9. The minimum atomic E-state index is 0.418. The molecule has 0 aliphatic carbocycles. The highest BCUT2D eigenvalue weighted by Crippen LogP contribution is 2.36. The molecule has 4 heteroatoms. The van der Waals surface area contributed by atoms with E-state index in [4.69, 9.17) is 21.1 Å². The van der Waals surface area contributed by atoms with Crippen molar-refractivity contribution >= 4 is 11.6 Å². The molecule has 24 heavy (non-hydrogen) atoms. The van der Waals surface area contributed by atoms with E-state index in [1.54, 1.807) is 7.11 Å². The first-order valence-corrected chi connectivity index (χ1v) is 8.78. The summed E-state index contributed by atoms with van der Waals surface area (Å²) in [7, 11) is 1.60. The maximum absolute atomic E-state index is 6.29. The Labute approximate surface area is 149 Å². The van der Waals surface area contributed by atoms with Gasteiger partial charge in [0.05, 0.1) is 18.7 Å². The molecule has 0 saturated carbocycles. The summed E-state index contributed by atoms with van der Waals surface area (Å²) in [6.45, 7) is 5.48. The lowest BCUT2D eigenvalue weighted by Gasteiger charge is -2.16. The zero-order chi connectivity index (χ0) is 17.4. The van der Waals surface area contributed by atoms with Gasteiger partial charge in [-0.2, -0.15) is 0 Å². The summed E-state index contributed by atoms with van der Waals surface area (Å²) in [6.07, 6.45) is 2.16. The first-order valence-electron chi connectivity index (χ1n) is 8.40. The Morgan fingerprint density at radius 3 is 2.54 bits per heavy atom. The van der Waals surface area contributed by atoms with E-state index in [-0.39, 0.29) is 0 Å². The highest BCUT2D eigenvalue weighted by Gasteiger charge is 2.12. The van der Waals surface area contributed by atoms with Gasteiger partial charge in [0.2, 0.25) is 0 Å². The van der Waals surface area contributed by atoms with Crippen LogP contribution in [0.15, 0.2) is 42.5 Å². The van der Waals surface area contributed by atoms with E-state index in [0.717, 1.165) is 24.9 Å². The zero-order valence-electron chi connectivity index (χ0n) is 14.6. The third-order valence-electron chi connectivity index (χ3n) is 3.94. The van der Waals surface area contributed by atoms with Crippen molar-refractivity contribution in [3.63, 3.8) is 0 Å². The normalized spacial score (nSPS) is 12.0. The fourth-order valence-electron chi connectivity index (χ4n) is 2.61. The summed E-state index contributed by atoms with van der Waals surface area (Å²) in [5, 5.41) is 4.13. The predicted molar refractivity (Wildman–Crippen MR) is 100 cm³/mol. The van der Waals surface area contributed by atoms with Crippen LogP contribution in [0.4, 0.5) is 0 Å². The smallest absolute Gasteiger partial charge is 0.179 e. The van der Waals surface area contributed by atoms with Crippen LogP contribution in [0, 0.1) is 0 Å². The van der Waals surface area contributed by atoms with Gasteiger partial charge in [-0.25, -0.2) is 0 Å². The summed E-state index contributed by atoms with van der Waals surface area (Å²) in [5.74, 6) is 1.29. The number of hydrogen-bond donors (Lipinski definition) is 1. The molecule has 0 spiro atoms. The standard InChI is InChI=1S/C20H26ClNO2/c1-4-24-19-13-17(12-18(21)20(19)23-3)14-22-15(2)10-11-16-8-6-5-7-9-16/h5-9,12-13,15,22H,4,10-11,14H2,1-3H3/t15-/m1/s1. The summed E-state index contributed by atoms with van der Waals surface area (Å²) in [5.41, 5.74) is 2.47. The van der Waals surface area contributed by atoms with Gasteiger partial charge in [0.1, 0.15) is 0 Å². The third kappa shape index (κ3) is 5.43. The van der Waals surface area contributed by atoms with E-state index >= 15 is 0 Å². The molecule has 0 saturated heterocycles. The lowest BCUT2D eigenvalue weighted by molar-refractivity contribution is 0.310. The van der Waals surface area contributed by atoms with E-state index in [0.29, 0.717) is 29.2 Å². The Hall–Kier alpha value is -1.71. The SMILES string of the molecule is CCOc1cc(CN[C@H](C)CCc2ccccc2)cc(Cl)c1OC. The monoisotopic (exact) mass is 347 g/mol. The number of nitrogens with one attached hydrogen (secondary N) is 1. The third-order valence-corrected chi connectivity index (χ3v) is 4.22. The highest BCUT2D eigenvalue weighted by molar-refractivity contribution is 6.32. The Morgan fingerprint density at radius 1 is 1.12 bits per heavy atom. The lowest BCUT2D eigenvalue weighted by atomic mass is 10.1. The number of ether oxygens (including phenoxy) is 2. The molecular weight excluding hydrogens is 322 g/mol. The molecule has 0 aliphatic heterocycles. The average Bonchev–Trinajstić information content (AvgIpc) is 2.59. The average molecular weight is 348 g/mol. The van der Waals surface area contributed by atoms with Crippen LogP contribution in [0.1, 0.15) is 31.4 Å². The van der Waals surface area contributed by atoms with Crippen LogP contribution in [0.25, 0.3) is 0 Å². The fourth-order valence-corrected chi connectivity index (χ4v) is 2.92. The van der Waals surface area contributed by atoms with Crippen LogP contribution < -0.4 is 14.8 Å². The Bertz CT molecular complexity index is 631. The van der Waals surface area contributed by atoms with Crippen molar-refractivity contribution in [2.24, 2.45) is 0 Å². The topological polar surface area (TPSA) is 30.5 Å². The van der Waals surface area contributed by atoms with Gasteiger partial charge in [-0.05, 0) is 49.9 Å². The molecule has 0 unspecified atom stereocenters. The molecule has 0 radical (unpaired) electrons. The molecule has 0 aliphatic rings. The van der Waals surface area contributed by atoms with E-state index in [1.165, 1.54) is 5.56 Å². The van der Waals surface area contributed by atoms with Crippen LogP contribution in [0.5, 0.6) is 11.5 Å². The quantitative estimate of drug-likeness (QED) is 0.702. The first kappa shape index (κ1) is 18.6. The predicted octanol–water partition coefficient (Wildman–Crippen LogP) is 4.86. The molecule has 130 valence electrons. The fraction of sp³-hybridized carbons (Fsp3) is 0.400.